The highest BCUT2D eigenvalue weighted by atomic mass is 32.2. The van der Waals surface area contributed by atoms with Crippen LogP contribution in [0.1, 0.15) is 19.4 Å². The first-order valence-electron chi connectivity index (χ1n) is 8.63. The van der Waals surface area contributed by atoms with Crippen molar-refractivity contribution >= 4 is 23.4 Å². The zero-order valence-corrected chi connectivity index (χ0v) is 16.2. The fourth-order valence-corrected chi connectivity index (χ4v) is 3.06. The number of rotatable bonds is 7. The van der Waals surface area contributed by atoms with Crippen molar-refractivity contribution in [3.05, 3.63) is 54.1 Å². The molecule has 0 aliphatic heterocycles. The smallest absolute Gasteiger partial charge is 0.277 e. The van der Waals surface area contributed by atoms with Gasteiger partial charge in [0.1, 0.15) is 5.75 Å². The lowest BCUT2D eigenvalue weighted by Crippen LogP contribution is -2.22. The molecule has 0 spiro atoms. The van der Waals surface area contributed by atoms with Gasteiger partial charge in [-0.2, -0.15) is 0 Å². The third kappa shape index (κ3) is 4.89. The molecule has 0 fully saturated rings. The van der Waals surface area contributed by atoms with Gasteiger partial charge in [0, 0.05) is 11.3 Å². The molecule has 0 bridgehead atoms. The monoisotopic (exact) mass is 383 g/mol. The Bertz CT molecular complexity index is 892. The van der Waals surface area contributed by atoms with E-state index in [1.807, 2.05) is 48.5 Å². The van der Waals surface area contributed by atoms with Gasteiger partial charge in [0.25, 0.3) is 5.22 Å². The standard InChI is InChI=1S/C20H21N3O3S/c1-4-14-5-9-16(10-6-14)21-18(24)13(2)27-20-23-22-19(26-20)15-7-11-17(25-3)12-8-15/h5-13H,4H2,1-3H3,(H,21,24). The van der Waals surface area contributed by atoms with Gasteiger partial charge in [-0.15, -0.1) is 10.2 Å². The van der Waals surface area contributed by atoms with E-state index in [1.54, 1.807) is 14.0 Å². The van der Waals surface area contributed by atoms with Crippen molar-refractivity contribution in [2.45, 2.75) is 30.7 Å². The molecule has 3 aromatic rings. The summed E-state index contributed by atoms with van der Waals surface area (Å²) in [5.74, 6) is 1.04. The number of aryl methyl sites for hydroxylation is 1. The normalized spacial score (nSPS) is 11.8. The van der Waals surface area contributed by atoms with Gasteiger partial charge in [-0.05, 0) is 55.3 Å². The number of ether oxygens (including phenoxy) is 1. The number of aromatic nitrogens is 2. The van der Waals surface area contributed by atoms with Crippen molar-refractivity contribution in [1.29, 1.82) is 0 Å². The fourth-order valence-electron chi connectivity index (χ4n) is 2.38. The molecular formula is C20H21N3O3S. The maximum absolute atomic E-state index is 12.4. The van der Waals surface area contributed by atoms with Gasteiger partial charge >= 0.3 is 0 Å². The molecule has 0 aliphatic carbocycles. The van der Waals surface area contributed by atoms with E-state index >= 15 is 0 Å². The van der Waals surface area contributed by atoms with Gasteiger partial charge < -0.3 is 14.5 Å². The van der Waals surface area contributed by atoms with Gasteiger partial charge in [0.2, 0.25) is 11.8 Å². The first-order valence-corrected chi connectivity index (χ1v) is 9.51. The number of carbonyl (C=O) groups excluding carboxylic acids is 1. The summed E-state index contributed by atoms with van der Waals surface area (Å²) in [5.41, 5.74) is 2.80. The van der Waals surface area contributed by atoms with E-state index in [0.717, 1.165) is 23.4 Å². The third-order valence-electron chi connectivity index (χ3n) is 4.02. The van der Waals surface area contributed by atoms with Crippen LogP contribution >= 0.6 is 11.8 Å². The topological polar surface area (TPSA) is 77.2 Å². The molecule has 0 saturated heterocycles. The Morgan fingerprint density at radius 1 is 1.15 bits per heavy atom. The predicted octanol–water partition coefficient (Wildman–Crippen LogP) is 4.43. The minimum atomic E-state index is -0.375. The van der Waals surface area contributed by atoms with E-state index in [9.17, 15) is 4.79 Å². The van der Waals surface area contributed by atoms with Crippen LogP contribution in [0.5, 0.6) is 5.75 Å². The molecule has 3 rings (SSSR count). The Kier molecular flexibility index (Phi) is 6.13. The first-order chi connectivity index (χ1) is 13.1. The summed E-state index contributed by atoms with van der Waals surface area (Å²) in [7, 11) is 1.61. The van der Waals surface area contributed by atoms with Crippen molar-refractivity contribution in [1.82, 2.24) is 10.2 Å². The highest BCUT2D eigenvalue weighted by molar-refractivity contribution is 8.00. The van der Waals surface area contributed by atoms with Crippen molar-refractivity contribution in [3.8, 4) is 17.2 Å². The molecule has 6 nitrogen and oxygen atoms in total. The van der Waals surface area contributed by atoms with E-state index in [0.29, 0.717) is 11.1 Å². The number of thioether (sulfide) groups is 1. The van der Waals surface area contributed by atoms with E-state index in [2.05, 4.69) is 22.4 Å². The second-order valence-electron chi connectivity index (χ2n) is 5.90. The quantitative estimate of drug-likeness (QED) is 0.608. The van der Waals surface area contributed by atoms with Gasteiger partial charge in [0.15, 0.2) is 0 Å². The maximum Gasteiger partial charge on any atom is 0.277 e. The van der Waals surface area contributed by atoms with Crippen LogP contribution in [0.3, 0.4) is 0 Å². The lowest BCUT2D eigenvalue weighted by Gasteiger charge is -2.10. The Hall–Kier alpha value is -2.80. The van der Waals surface area contributed by atoms with Gasteiger partial charge in [-0.25, -0.2) is 0 Å². The largest absolute Gasteiger partial charge is 0.497 e. The Labute approximate surface area is 162 Å². The molecule has 1 N–H and O–H groups in total. The van der Waals surface area contributed by atoms with Crippen LogP contribution in [0, 0.1) is 0 Å². The molecule has 1 atom stereocenters. The van der Waals surface area contributed by atoms with E-state index < -0.39 is 0 Å². The second-order valence-corrected chi connectivity index (χ2v) is 7.19. The van der Waals surface area contributed by atoms with Crippen molar-refractivity contribution in [3.63, 3.8) is 0 Å². The van der Waals surface area contributed by atoms with Crippen LogP contribution in [0.15, 0.2) is 58.2 Å². The number of methoxy groups -OCH3 is 1. The number of hydrogen-bond acceptors (Lipinski definition) is 6. The summed E-state index contributed by atoms with van der Waals surface area (Å²) < 4.78 is 10.8. The number of nitrogens with zero attached hydrogens (tertiary/aromatic N) is 2. The molecule has 27 heavy (non-hydrogen) atoms. The van der Waals surface area contributed by atoms with Crippen LogP contribution in [0.4, 0.5) is 5.69 Å². The molecule has 1 amide bonds. The molecule has 2 aromatic carbocycles. The third-order valence-corrected chi connectivity index (χ3v) is 4.95. The minimum absolute atomic E-state index is 0.117. The molecule has 140 valence electrons. The predicted molar refractivity (Wildman–Crippen MR) is 106 cm³/mol. The van der Waals surface area contributed by atoms with Gasteiger partial charge in [-0.1, -0.05) is 30.8 Å². The number of amides is 1. The van der Waals surface area contributed by atoms with Crippen molar-refractivity contribution in [2.24, 2.45) is 0 Å². The lowest BCUT2D eigenvalue weighted by atomic mass is 10.1. The molecule has 0 aliphatic rings. The Morgan fingerprint density at radius 3 is 2.48 bits per heavy atom. The van der Waals surface area contributed by atoms with Gasteiger partial charge in [0.05, 0.1) is 12.4 Å². The average Bonchev–Trinajstić information content (AvgIpc) is 3.17. The van der Waals surface area contributed by atoms with Crippen LogP contribution in [0.25, 0.3) is 11.5 Å². The summed E-state index contributed by atoms with van der Waals surface area (Å²) in [6.45, 7) is 3.90. The summed E-state index contributed by atoms with van der Waals surface area (Å²) in [6.07, 6.45) is 0.966. The van der Waals surface area contributed by atoms with Crippen molar-refractivity contribution < 1.29 is 13.9 Å². The number of nitrogens with one attached hydrogen (secondary N) is 1. The number of hydrogen-bond donors (Lipinski definition) is 1. The first kappa shape index (κ1) is 19.0. The van der Waals surface area contributed by atoms with E-state index in [-0.39, 0.29) is 11.2 Å². The van der Waals surface area contributed by atoms with Crippen LogP contribution in [-0.2, 0) is 11.2 Å². The molecule has 1 unspecified atom stereocenters. The zero-order valence-electron chi connectivity index (χ0n) is 15.4. The van der Waals surface area contributed by atoms with Gasteiger partial charge in [-0.3, -0.25) is 4.79 Å². The van der Waals surface area contributed by atoms with Crippen LogP contribution in [0.2, 0.25) is 0 Å². The highest BCUT2D eigenvalue weighted by Gasteiger charge is 2.19. The molecule has 7 heteroatoms. The average molecular weight is 383 g/mol. The Morgan fingerprint density at radius 2 is 1.85 bits per heavy atom. The maximum atomic E-state index is 12.4. The Balaban J connectivity index is 1.60. The fraction of sp³-hybridized carbons (Fsp3) is 0.250. The summed E-state index contributed by atoms with van der Waals surface area (Å²) in [6, 6.07) is 15.2. The van der Waals surface area contributed by atoms with E-state index in [4.69, 9.17) is 9.15 Å². The molecule has 1 aromatic heterocycles. The molecular weight excluding hydrogens is 362 g/mol. The molecule has 0 radical (unpaired) electrons. The zero-order chi connectivity index (χ0) is 19.2. The molecule has 0 saturated carbocycles. The number of carbonyl (C=O) groups is 1. The van der Waals surface area contributed by atoms with E-state index in [1.165, 1.54) is 17.3 Å². The number of anilines is 1. The van der Waals surface area contributed by atoms with Crippen LogP contribution < -0.4 is 10.1 Å². The summed E-state index contributed by atoms with van der Waals surface area (Å²) in [5, 5.41) is 10.9. The summed E-state index contributed by atoms with van der Waals surface area (Å²) in [4.78, 5) is 12.4. The minimum Gasteiger partial charge on any atom is -0.497 e. The second kappa shape index (κ2) is 8.73. The highest BCUT2D eigenvalue weighted by Crippen LogP contribution is 2.27. The van der Waals surface area contributed by atoms with Crippen molar-refractivity contribution in [2.75, 3.05) is 12.4 Å². The molecule has 1 heterocycles. The summed E-state index contributed by atoms with van der Waals surface area (Å²) >= 11 is 1.22. The SMILES string of the molecule is CCc1ccc(NC(=O)C(C)Sc2nnc(-c3ccc(OC)cc3)o2)cc1. The number of benzene rings is 2. The van der Waals surface area contributed by atoms with Crippen LogP contribution in [-0.4, -0.2) is 28.5 Å². The lowest BCUT2D eigenvalue weighted by molar-refractivity contribution is -0.115.